The van der Waals surface area contributed by atoms with Gasteiger partial charge in [0.2, 0.25) is 5.91 Å². The van der Waals surface area contributed by atoms with E-state index in [4.69, 9.17) is 9.47 Å². The summed E-state index contributed by atoms with van der Waals surface area (Å²) in [4.78, 5) is 37.7. The molecule has 0 heterocycles. The lowest BCUT2D eigenvalue weighted by molar-refractivity contribution is -0.143. The minimum absolute atomic E-state index is 0.0317. The van der Waals surface area contributed by atoms with Gasteiger partial charge in [-0.05, 0) is 82.1 Å². The van der Waals surface area contributed by atoms with Crippen molar-refractivity contribution in [1.29, 1.82) is 0 Å². The quantitative estimate of drug-likeness (QED) is 0.500. The molecular formula is C27H35FN2O6. The Hall–Kier alpha value is -2.84. The molecule has 4 aliphatic rings. The van der Waals surface area contributed by atoms with Crippen LogP contribution in [0, 0.1) is 29.5 Å². The van der Waals surface area contributed by atoms with Gasteiger partial charge >= 0.3 is 5.97 Å². The van der Waals surface area contributed by atoms with Gasteiger partial charge in [-0.25, -0.2) is 4.39 Å². The molecule has 9 heteroatoms. The summed E-state index contributed by atoms with van der Waals surface area (Å²) >= 11 is 0. The summed E-state index contributed by atoms with van der Waals surface area (Å²) in [6.45, 7) is 0. The van der Waals surface area contributed by atoms with Crippen LogP contribution in [0.3, 0.4) is 0 Å². The fourth-order valence-corrected chi connectivity index (χ4v) is 6.53. The SMILES string of the molecule is COc1cc(F)c(O[C@H]2CC[C@@H](C(=O)O)CC2)cc1C(=O)N[C@@H]1[C@H]2CC[C@H](C2)[C@@H]1C(=O)NC1CCC1. The van der Waals surface area contributed by atoms with Crippen molar-refractivity contribution in [1.82, 2.24) is 10.6 Å². The standard InChI is InChI=1S/C27H35FN2O6/c1-35-21-13-20(28)22(36-18-9-7-14(8-10-18)27(33)34)12-19(21)25(31)30-24-16-6-5-15(11-16)23(24)26(32)29-17-3-2-4-17/h12-18,23-24H,2-11H2,1H3,(H,29,32)(H,30,31)(H,33,34)/t14-,15-,16+,18+,23+,24-/m1/s1. The highest BCUT2D eigenvalue weighted by Gasteiger charge is 2.51. The Morgan fingerprint density at radius 1 is 0.944 bits per heavy atom. The first-order valence-corrected chi connectivity index (χ1v) is 13.2. The van der Waals surface area contributed by atoms with Gasteiger partial charge in [0.15, 0.2) is 11.6 Å². The van der Waals surface area contributed by atoms with Gasteiger partial charge in [-0.15, -0.1) is 0 Å². The Bertz CT molecular complexity index is 1020. The van der Waals surface area contributed by atoms with Crippen LogP contribution in [0.15, 0.2) is 12.1 Å². The summed E-state index contributed by atoms with van der Waals surface area (Å²) in [5.74, 6) is -1.90. The second kappa shape index (κ2) is 10.3. The molecule has 0 aliphatic heterocycles. The van der Waals surface area contributed by atoms with Gasteiger partial charge in [0, 0.05) is 18.2 Å². The molecule has 4 aliphatic carbocycles. The number of benzene rings is 1. The zero-order valence-corrected chi connectivity index (χ0v) is 20.6. The van der Waals surface area contributed by atoms with Crippen LogP contribution in [-0.4, -0.2) is 48.2 Å². The number of amides is 2. The van der Waals surface area contributed by atoms with E-state index in [-0.39, 0.29) is 58.9 Å². The highest BCUT2D eigenvalue weighted by atomic mass is 19.1. The van der Waals surface area contributed by atoms with Crippen molar-refractivity contribution in [2.45, 2.75) is 82.4 Å². The molecule has 5 rings (SSSR count). The molecule has 3 N–H and O–H groups in total. The van der Waals surface area contributed by atoms with Crippen molar-refractivity contribution < 1.29 is 33.4 Å². The van der Waals surface area contributed by atoms with Gasteiger partial charge in [0.1, 0.15) is 5.75 Å². The lowest BCUT2D eigenvalue weighted by Crippen LogP contribution is -2.52. The lowest BCUT2D eigenvalue weighted by Gasteiger charge is -2.34. The molecular weight excluding hydrogens is 467 g/mol. The van der Waals surface area contributed by atoms with Crippen molar-refractivity contribution in [3.63, 3.8) is 0 Å². The van der Waals surface area contributed by atoms with Crippen LogP contribution < -0.4 is 20.1 Å². The Labute approximate surface area is 210 Å². The molecule has 0 saturated heterocycles. The van der Waals surface area contributed by atoms with Crippen molar-refractivity contribution in [3.05, 3.63) is 23.5 Å². The molecule has 8 nitrogen and oxygen atoms in total. The molecule has 4 atom stereocenters. The minimum atomic E-state index is -0.816. The fraction of sp³-hybridized carbons (Fsp3) is 0.667. The molecule has 1 aromatic carbocycles. The van der Waals surface area contributed by atoms with E-state index < -0.39 is 23.6 Å². The van der Waals surface area contributed by atoms with Crippen molar-refractivity contribution in [2.24, 2.45) is 23.7 Å². The summed E-state index contributed by atoms with van der Waals surface area (Å²) in [6, 6.07) is 2.50. The number of carboxylic acids is 1. The van der Waals surface area contributed by atoms with Gasteiger partial charge in [-0.1, -0.05) is 0 Å². The number of aliphatic carboxylic acids is 1. The van der Waals surface area contributed by atoms with E-state index in [1.165, 1.54) is 13.2 Å². The number of hydrogen-bond donors (Lipinski definition) is 3. The number of hydrogen-bond acceptors (Lipinski definition) is 5. The average molecular weight is 503 g/mol. The molecule has 4 saturated carbocycles. The first-order chi connectivity index (χ1) is 17.3. The van der Waals surface area contributed by atoms with E-state index in [1.54, 1.807) is 0 Å². The van der Waals surface area contributed by atoms with Crippen LogP contribution >= 0.6 is 0 Å². The summed E-state index contributed by atoms with van der Waals surface area (Å²) in [6.07, 6.45) is 7.72. The minimum Gasteiger partial charge on any atom is -0.496 e. The molecule has 4 fully saturated rings. The Morgan fingerprint density at radius 3 is 2.31 bits per heavy atom. The van der Waals surface area contributed by atoms with Crippen LogP contribution in [-0.2, 0) is 9.59 Å². The second-order valence-electron chi connectivity index (χ2n) is 10.9. The number of carbonyl (C=O) groups excluding carboxylic acids is 2. The first kappa shape index (κ1) is 24.8. The lowest BCUT2D eigenvalue weighted by atomic mass is 9.82. The predicted molar refractivity (Wildman–Crippen MR) is 128 cm³/mol. The number of nitrogens with one attached hydrogen (secondary N) is 2. The zero-order valence-electron chi connectivity index (χ0n) is 20.6. The number of carboxylic acid groups (broad SMARTS) is 1. The largest absolute Gasteiger partial charge is 0.496 e. The summed E-state index contributed by atoms with van der Waals surface area (Å²) in [5.41, 5.74) is 0.161. The van der Waals surface area contributed by atoms with Gasteiger partial charge in [0.25, 0.3) is 5.91 Å². The zero-order chi connectivity index (χ0) is 25.4. The van der Waals surface area contributed by atoms with Crippen LogP contribution in [0.25, 0.3) is 0 Å². The Morgan fingerprint density at radius 2 is 1.67 bits per heavy atom. The van der Waals surface area contributed by atoms with Gasteiger partial charge < -0.3 is 25.2 Å². The maximum atomic E-state index is 14.8. The number of ether oxygens (including phenoxy) is 2. The smallest absolute Gasteiger partial charge is 0.306 e. The van der Waals surface area contributed by atoms with E-state index in [2.05, 4.69) is 10.6 Å². The number of rotatable bonds is 8. The number of fused-ring (bicyclic) bond motifs is 2. The summed E-state index contributed by atoms with van der Waals surface area (Å²) < 4.78 is 26.0. The van der Waals surface area contributed by atoms with Gasteiger partial charge in [-0.2, -0.15) is 0 Å². The third-order valence-electron chi connectivity index (χ3n) is 8.78. The average Bonchev–Trinajstić information content (AvgIpc) is 3.44. The Balaban J connectivity index is 1.30. The van der Waals surface area contributed by atoms with E-state index >= 15 is 0 Å². The van der Waals surface area contributed by atoms with E-state index in [9.17, 15) is 23.9 Å². The number of carbonyl (C=O) groups is 3. The number of methoxy groups -OCH3 is 1. The van der Waals surface area contributed by atoms with Crippen molar-refractivity contribution in [3.8, 4) is 11.5 Å². The molecule has 0 spiro atoms. The summed E-state index contributed by atoms with van der Waals surface area (Å²) in [7, 11) is 1.38. The van der Waals surface area contributed by atoms with Crippen LogP contribution in [0.1, 0.15) is 74.6 Å². The monoisotopic (exact) mass is 502 g/mol. The maximum Gasteiger partial charge on any atom is 0.306 e. The Kier molecular flexibility index (Phi) is 7.08. The summed E-state index contributed by atoms with van der Waals surface area (Å²) in [5, 5.41) is 15.4. The van der Waals surface area contributed by atoms with Crippen LogP contribution in [0.2, 0.25) is 0 Å². The molecule has 2 bridgehead atoms. The maximum absolute atomic E-state index is 14.8. The second-order valence-corrected chi connectivity index (χ2v) is 10.9. The first-order valence-electron chi connectivity index (χ1n) is 13.2. The third kappa shape index (κ3) is 4.89. The molecule has 0 radical (unpaired) electrons. The molecule has 0 unspecified atom stereocenters. The van der Waals surface area contributed by atoms with Crippen LogP contribution in [0.4, 0.5) is 4.39 Å². The van der Waals surface area contributed by atoms with Crippen LogP contribution in [0.5, 0.6) is 11.5 Å². The highest BCUT2D eigenvalue weighted by Crippen LogP contribution is 2.49. The predicted octanol–water partition coefficient (Wildman–Crippen LogP) is 3.67. The third-order valence-corrected chi connectivity index (χ3v) is 8.78. The molecule has 0 aromatic heterocycles. The molecule has 196 valence electrons. The molecule has 1 aromatic rings. The molecule has 36 heavy (non-hydrogen) atoms. The van der Waals surface area contributed by atoms with Crippen molar-refractivity contribution >= 4 is 17.8 Å². The highest BCUT2D eigenvalue weighted by molar-refractivity contribution is 5.98. The number of halogens is 1. The van der Waals surface area contributed by atoms with E-state index in [0.717, 1.165) is 44.6 Å². The van der Waals surface area contributed by atoms with Crippen molar-refractivity contribution in [2.75, 3.05) is 7.11 Å². The van der Waals surface area contributed by atoms with E-state index in [1.807, 2.05) is 0 Å². The van der Waals surface area contributed by atoms with E-state index in [0.29, 0.717) is 25.7 Å². The fourth-order valence-electron chi connectivity index (χ4n) is 6.53. The topological polar surface area (TPSA) is 114 Å². The van der Waals surface area contributed by atoms with Gasteiger partial charge in [-0.3, -0.25) is 14.4 Å². The molecule has 2 amide bonds. The normalized spacial score (nSPS) is 31.4. The van der Waals surface area contributed by atoms with Gasteiger partial charge in [0.05, 0.1) is 30.6 Å².